The van der Waals surface area contributed by atoms with Crippen molar-refractivity contribution in [3.05, 3.63) is 95.3 Å². The van der Waals surface area contributed by atoms with Crippen LogP contribution in [0.15, 0.2) is 78.9 Å². The summed E-state index contributed by atoms with van der Waals surface area (Å²) in [5.74, 6) is 0.693. The fourth-order valence-corrected chi connectivity index (χ4v) is 4.78. The van der Waals surface area contributed by atoms with Gasteiger partial charge >= 0.3 is 0 Å². The number of rotatable bonds is 7. The number of hydrogen-bond acceptors (Lipinski definition) is 1. The summed E-state index contributed by atoms with van der Waals surface area (Å²) in [6.45, 7) is 2.09. The first-order chi connectivity index (χ1) is 16.1. The van der Waals surface area contributed by atoms with Gasteiger partial charge in [-0.05, 0) is 84.9 Å². The first kappa shape index (κ1) is 23.3. The van der Waals surface area contributed by atoms with Gasteiger partial charge in [-0.15, -0.1) is 0 Å². The molecule has 3 heteroatoms. The van der Waals surface area contributed by atoms with Gasteiger partial charge in [0.1, 0.15) is 10.8 Å². The minimum absolute atomic E-state index is 0.0100. The second-order valence-electron chi connectivity index (χ2n) is 8.61. The van der Waals surface area contributed by atoms with E-state index in [1.165, 1.54) is 43.9 Å². The number of ether oxygens (including phenoxy) is 1. The van der Waals surface area contributed by atoms with E-state index in [0.717, 1.165) is 29.0 Å². The molecule has 0 spiro atoms. The lowest BCUT2D eigenvalue weighted by Gasteiger charge is -2.22. The fraction of sp³-hybridized carbons (Fsp3) is 0.267. The lowest BCUT2D eigenvalue weighted by molar-refractivity contribution is 0.412. The van der Waals surface area contributed by atoms with Gasteiger partial charge in [-0.1, -0.05) is 78.4 Å². The number of halogens is 2. The van der Waals surface area contributed by atoms with Crippen molar-refractivity contribution in [1.29, 1.82) is 0 Å². The monoisotopic (exact) mass is 460 g/mol. The normalized spacial score (nSPS) is 16.1. The molecule has 1 aliphatic rings. The summed E-state index contributed by atoms with van der Waals surface area (Å²) in [6, 6.07) is 20.1. The third kappa shape index (κ3) is 5.39. The highest BCUT2D eigenvalue weighted by atomic mass is 35.5. The van der Waals surface area contributed by atoms with Crippen LogP contribution in [0.1, 0.15) is 44.6 Å². The van der Waals surface area contributed by atoms with Gasteiger partial charge in [0.2, 0.25) is 0 Å². The van der Waals surface area contributed by atoms with E-state index in [1.807, 2.05) is 24.3 Å². The first-order valence-corrected chi connectivity index (χ1v) is 12.0. The molecule has 1 nitrogen and oxygen atoms in total. The van der Waals surface area contributed by atoms with E-state index in [4.69, 9.17) is 16.3 Å². The Kier molecular flexibility index (Phi) is 7.67. The van der Waals surface area contributed by atoms with Crippen LogP contribution >= 0.6 is 11.6 Å². The minimum atomic E-state index is -0.460. The average Bonchev–Trinajstić information content (AvgIpc) is 2.87. The Morgan fingerprint density at radius 1 is 0.939 bits per heavy atom. The van der Waals surface area contributed by atoms with Crippen LogP contribution in [0, 0.1) is 11.7 Å². The molecule has 4 rings (SSSR count). The van der Waals surface area contributed by atoms with Gasteiger partial charge in [0, 0.05) is 5.56 Å². The van der Waals surface area contributed by atoms with Gasteiger partial charge in [-0.25, -0.2) is 4.39 Å². The van der Waals surface area contributed by atoms with E-state index in [-0.39, 0.29) is 5.02 Å². The third-order valence-electron chi connectivity index (χ3n) is 6.55. The molecule has 33 heavy (non-hydrogen) atoms. The minimum Gasteiger partial charge on any atom is -0.495 e. The maximum atomic E-state index is 14.7. The molecular formula is C30H30ClFO. The van der Waals surface area contributed by atoms with E-state index < -0.39 is 5.82 Å². The Bertz CT molecular complexity index is 1140. The van der Waals surface area contributed by atoms with E-state index in [0.29, 0.717) is 11.3 Å². The van der Waals surface area contributed by atoms with Gasteiger partial charge in [-0.3, -0.25) is 0 Å². The fourth-order valence-electron chi connectivity index (χ4n) is 4.54. The highest BCUT2D eigenvalue weighted by molar-refractivity contribution is 6.32. The van der Waals surface area contributed by atoms with Crippen LogP contribution in [0.4, 0.5) is 4.39 Å². The molecule has 170 valence electrons. The van der Waals surface area contributed by atoms with Gasteiger partial charge in [0.15, 0.2) is 5.82 Å². The standard InChI is InChI=1S/C30H30ClFO/c1-3-4-5-6-21-7-9-22(10-8-21)23-11-13-24(14-12-23)25-15-17-26(18-16-25)27-19-20-28(33-2)29(31)30(27)32/h3-4,9,11-21H,5-8,10H2,1-2H3. The molecule has 3 aromatic carbocycles. The summed E-state index contributed by atoms with van der Waals surface area (Å²) in [5.41, 5.74) is 6.29. The van der Waals surface area contributed by atoms with Gasteiger partial charge in [-0.2, -0.15) is 0 Å². The predicted octanol–water partition coefficient (Wildman–Crippen LogP) is 9.36. The molecule has 0 amide bonds. The van der Waals surface area contributed by atoms with Crippen molar-refractivity contribution in [2.24, 2.45) is 5.92 Å². The van der Waals surface area contributed by atoms with Crippen LogP contribution in [0.5, 0.6) is 5.75 Å². The highest BCUT2D eigenvalue weighted by Crippen LogP contribution is 2.36. The van der Waals surface area contributed by atoms with E-state index >= 15 is 0 Å². The van der Waals surface area contributed by atoms with Crippen LogP contribution in [-0.2, 0) is 0 Å². The molecule has 0 saturated heterocycles. The molecule has 1 aliphatic carbocycles. The first-order valence-electron chi connectivity index (χ1n) is 11.6. The second-order valence-corrected chi connectivity index (χ2v) is 8.99. The van der Waals surface area contributed by atoms with Crippen molar-refractivity contribution in [1.82, 2.24) is 0 Å². The SMILES string of the molecule is CC=CCCC1CC=C(c2ccc(-c3ccc(-c4ccc(OC)c(Cl)c4F)cc3)cc2)CC1. The maximum absolute atomic E-state index is 14.7. The number of benzene rings is 3. The molecule has 0 fully saturated rings. The van der Waals surface area contributed by atoms with Crippen molar-refractivity contribution >= 4 is 17.2 Å². The summed E-state index contributed by atoms with van der Waals surface area (Å²) in [6.07, 6.45) is 12.9. The Morgan fingerprint density at radius 3 is 2.15 bits per heavy atom. The zero-order valence-corrected chi connectivity index (χ0v) is 20.0. The van der Waals surface area contributed by atoms with Crippen LogP contribution in [0.3, 0.4) is 0 Å². The molecule has 0 N–H and O–H groups in total. The lowest BCUT2D eigenvalue weighted by Crippen LogP contribution is -2.05. The summed E-state index contributed by atoms with van der Waals surface area (Å²) < 4.78 is 19.8. The predicted molar refractivity (Wildman–Crippen MR) is 138 cm³/mol. The summed E-state index contributed by atoms with van der Waals surface area (Å²) in [4.78, 5) is 0. The van der Waals surface area contributed by atoms with Crippen LogP contribution < -0.4 is 4.74 Å². The van der Waals surface area contributed by atoms with E-state index in [1.54, 1.807) is 12.1 Å². The van der Waals surface area contributed by atoms with Crippen molar-refractivity contribution in [3.8, 4) is 28.0 Å². The Labute approximate surface area is 201 Å². The van der Waals surface area contributed by atoms with E-state index in [9.17, 15) is 4.39 Å². The Hall–Kier alpha value is -2.84. The quantitative estimate of drug-likeness (QED) is 0.319. The van der Waals surface area contributed by atoms with Gasteiger partial charge < -0.3 is 4.74 Å². The van der Waals surface area contributed by atoms with Crippen LogP contribution in [0.2, 0.25) is 5.02 Å². The second kappa shape index (κ2) is 10.9. The number of methoxy groups -OCH3 is 1. The highest BCUT2D eigenvalue weighted by Gasteiger charge is 2.16. The van der Waals surface area contributed by atoms with Crippen molar-refractivity contribution in [2.75, 3.05) is 7.11 Å². The zero-order chi connectivity index (χ0) is 23.2. The lowest BCUT2D eigenvalue weighted by atomic mass is 9.84. The summed E-state index contributed by atoms with van der Waals surface area (Å²) >= 11 is 6.08. The summed E-state index contributed by atoms with van der Waals surface area (Å²) in [5, 5.41) is 0.0100. The third-order valence-corrected chi connectivity index (χ3v) is 6.90. The Morgan fingerprint density at radius 2 is 1.58 bits per heavy atom. The molecule has 0 saturated carbocycles. The zero-order valence-electron chi connectivity index (χ0n) is 19.3. The molecule has 0 aliphatic heterocycles. The molecule has 0 bridgehead atoms. The van der Waals surface area contributed by atoms with Gasteiger partial charge in [0.25, 0.3) is 0 Å². The van der Waals surface area contributed by atoms with Crippen LogP contribution in [0.25, 0.3) is 27.8 Å². The largest absolute Gasteiger partial charge is 0.495 e. The Balaban J connectivity index is 1.45. The van der Waals surface area contributed by atoms with Crippen LogP contribution in [-0.4, -0.2) is 7.11 Å². The molecule has 1 unspecified atom stereocenters. The molecular weight excluding hydrogens is 431 g/mol. The molecule has 0 radical (unpaired) electrons. The van der Waals surface area contributed by atoms with Crippen molar-refractivity contribution in [3.63, 3.8) is 0 Å². The smallest absolute Gasteiger partial charge is 0.153 e. The maximum Gasteiger partial charge on any atom is 0.153 e. The van der Waals surface area contributed by atoms with Gasteiger partial charge in [0.05, 0.1) is 7.11 Å². The number of allylic oxidation sites excluding steroid dienone is 4. The molecule has 1 atom stereocenters. The topological polar surface area (TPSA) is 9.23 Å². The molecule has 0 aromatic heterocycles. The van der Waals surface area contributed by atoms with Crippen molar-refractivity contribution in [2.45, 2.75) is 39.0 Å². The van der Waals surface area contributed by atoms with E-state index in [2.05, 4.69) is 49.4 Å². The average molecular weight is 461 g/mol. The number of hydrogen-bond donors (Lipinski definition) is 0. The van der Waals surface area contributed by atoms with Crippen molar-refractivity contribution < 1.29 is 9.13 Å². The molecule has 0 heterocycles. The molecule has 3 aromatic rings. The summed E-state index contributed by atoms with van der Waals surface area (Å²) in [7, 11) is 1.48.